The molecule has 0 N–H and O–H groups in total. The SMILES string of the molecule is O=C([O-])[C@H](Cc1ccccc1)N1C(=O)c2c(Br)c(Br)c(Br)c(Br)c2C1=O. The number of carbonyl (C=O) groups excluding carboxylic acids is 3. The molecule has 0 bridgehead atoms. The van der Waals surface area contributed by atoms with Crippen LogP contribution >= 0.6 is 63.7 Å². The molecule has 5 nitrogen and oxygen atoms in total. The molecule has 26 heavy (non-hydrogen) atoms. The van der Waals surface area contributed by atoms with Crippen LogP contribution < -0.4 is 5.11 Å². The summed E-state index contributed by atoms with van der Waals surface area (Å²) in [7, 11) is 0. The van der Waals surface area contributed by atoms with Gasteiger partial charge in [-0.3, -0.25) is 14.5 Å². The van der Waals surface area contributed by atoms with Gasteiger partial charge in [0.25, 0.3) is 11.8 Å². The van der Waals surface area contributed by atoms with Crippen molar-refractivity contribution in [3.8, 4) is 0 Å². The van der Waals surface area contributed by atoms with Crippen LogP contribution in [0.3, 0.4) is 0 Å². The highest BCUT2D eigenvalue weighted by Gasteiger charge is 2.44. The molecule has 0 saturated carbocycles. The Bertz CT molecular complexity index is 899. The Balaban J connectivity index is 2.10. The maximum Gasteiger partial charge on any atom is 0.263 e. The lowest BCUT2D eigenvalue weighted by molar-refractivity contribution is -0.310. The molecule has 1 heterocycles. The monoisotopic (exact) mass is 606 g/mol. The molecule has 134 valence electrons. The lowest BCUT2D eigenvalue weighted by Gasteiger charge is -2.27. The Morgan fingerprint density at radius 3 is 1.77 bits per heavy atom. The van der Waals surface area contributed by atoms with E-state index in [2.05, 4.69) is 63.7 Å². The smallest absolute Gasteiger partial charge is 0.263 e. The zero-order valence-electron chi connectivity index (χ0n) is 12.8. The quantitative estimate of drug-likeness (QED) is 0.301. The van der Waals surface area contributed by atoms with Crippen molar-refractivity contribution in [1.82, 2.24) is 4.90 Å². The molecule has 3 rings (SSSR count). The number of fused-ring (bicyclic) bond motifs is 1. The lowest BCUT2D eigenvalue weighted by atomic mass is 10.0. The summed E-state index contributed by atoms with van der Waals surface area (Å²) in [5.74, 6) is -2.86. The molecule has 1 atom stereocenters. The molecular formula is C17H8Br4NO4-. The lowest BCUT2D eigenvalue weighted by Crippen LogP contribution is -2.51. The van der Waals surface area contributed by atoms with Crippen LogP contribution in [0.5, 0.6) is 0 Å². The van der Waals surface area contributed by atoms with Gasteiger partial charge in [0.15, 0.2) is 0 Å². The van der Waals surface area contributed by atoms with E-state index in [1.165, 1.54) is 0 Å². The van der Waals surface area contributed by atoms with E-state index in [9.17, 15) is 19.5 Å². The fourth-order valence-electron chi connectivity index (χ4n) is 2.77. The third kappa shape index (κ3) is 3.19. The van der Waals surface area contributed by atoms with E-state index in [1.807, 2.05) is 0 Å². The highest BCUT2D eigenvalue weighted by molar-refractivity contribution is 9.15. The summed E-state index contributed by atoms with van der Waals surface area (Å²) in [4.78, 5) is 38.3. The first kappa shape index (κ1) is 19.7. The predicted molar refractivity (Wildman–Crippen MR) is 107 cm³/mol. The van der Waals surface area contributed by atoms with E-state index in [0.29, 0.717) is 23.5 Å². The van der Waals surface area contributed by atoms with Gasteiger partial charge in [-0.1, -0.05) is 30.3 Å². The Morgan fingerprint density at radius 1 is 0.885 bits per heavy atom. The van der Waals surface area contributed by atoms with E-state index >= 15 is 0 Å². The normalized spacial score (nSPS) is 14.5. The van der Waals surface area contributed by atoms with E-state index in [1.54, 1.807) is 30.3 Å². The van der Waals surface area contributed by atoms with Gasteiger partial charge in [0.1, 0.15) is 0 Å². The highest BCUT2D eigenvalue weighted by Crippen LogP contribution is 2.45. The number of nitrogens with zero attached hydrogens (tertiary/aromatic N) is 1. The minimum Gasteiger partial charge on any atom is -0.548 e. The number of hydrogen-bond acceptors (Lipinski definition) is 4. The van der Waals surface area contributed by atoms with E-state index < -0.39 is 23.8 Å². The van der Waals surface area contributed by atoms with Gasteiger partial charge in [-0.05, 0) is 75.7 Å². The average Bonchev–Trinajstić information content (AvgIpc) is 2.87. The number of aliphatic carboxylic acids is 1. The second kappa shape index (κ2) is 7.53. The Morgan fingerprint density at radius 2 is 1.35 bits per heavy atom. The third-order valence-electron chi connectivity index (χ3n) is 3.99. The molecule has 2 aromatic rings. The number of carboxylic acid groups (broad SMARTS) is 1. The molecule has 0 fully saturated rings. The number of imide groups is 1. The van der Waals surface area contributed by atoms with Crippen LogP contribution in [0.4, 0.5) is 0 Å². The van der Waals surface area contributed by atoms with Crippen molar-refractivity contribution in [3.05, 3.63) is 64.9 Å². The summed E-state index contributed by atoms with van der Waals surface area (Å²) < 4.78 is 1.83. The standard InChI is InChI=1S/C17H9Br4NO4/c18-11-9-10(12(19)14(21)13(11)20)16(24)22(15(9)23)8(17(25)26)6-7-4-2-1-3-5-7/h1-5,8H,6H2,(H,25,26)/p-1/t8-/m0/s1. The van der Waals surface area contributed by atoms with Crippen molar-refractivity contribution in [3.63, 3.8) is 0 Å². The fraction of sp³-hybridized carbons (Fsp3) is 0.118. The van der Waals surface area contributed by atoms with E-state index in [0.717, 1.165) is 4.90 Å². The van der Waals surface area contributed by atoms with Gasteiger partial charge in [0, 0.05) is 17.9 Å². The first-order chi connectivity index (χ1) is 12.3. The van der Waals surface area contributed by atoms with Gasteiger partial charge in [-0.15, -0.1) is 0 Å². The Hall–Kier alpha value is -1.03. The van der Waals surface area contributed by atoms with Crippen molar-refractivity contribution in [2.45, 2.75) is 12.5 Å². The fourth-order valence-corrected chi connectivity index (χ4v) is 5.22. The van der Waals surface area contributed by atoms with Crippen molar-refractivity contribution < 1.29 is 19.5 Å². The molecule has 0 aromatic heterocycles. The van der Waals surface area contributed by atoms with E-state index in [4.69, 9.17) is 0 Å². The molecule has 0 saturated heterocycles. The van der Waals surface area contributed by atoms with Gasteiger partial charge in [0.2, 0.25) is 0 Å². The zero-order chi connectivity index (χ0) is 19.2. The average molecular weight is 610 g/mol. The van der Waals surface area contributed by atoms with Crippen LogP contribution in [0, 0.1) is 0 Å². The number of amides is 2. The second-order valence-electron chi connectivity index (χ2n) is 5.51. The molecule has 2 amide bonds. The molecule has 0 unspecified atom stereocenters. The van der Waals surface area contributed by atoms with Crippen LogP contribution in [-0.2, 0) is 11.2 Å². The van der Waals surface area contributed by atoms with Crippen LogP contribution in [0.2, 0.25) is 0 Å². The molecule has 0 radical (unpaired) electrons. The summed E-state index contributed by atoms with van der Waals surface area (Å²) in [6.45, 7) is 0. The second-order valence-corrected chi connectivity index (χ2v) is 8.68. The molecular weight excluding hydrogens is 602 g/mol. The molecule has 1 aliphatic rings. The van der Waals surface area contributed by atoms with E-state index in [-0.39, 0.29) is 17.5 Å². The van der Waals surface area contributed by atoms with Crippen LogP contribution in [0.15, 0.2) is 48.2 Å². The van der Waals surface area contributed by atoms with Crippen molar-refractivity contribution >= 4 is 81.5 Å². The van der Waals surface area contributed by atoms with Crippen LogP contribution in [-0.4, -0.2) is 28.7 Å². The van der Waals surface area contributed by atoms with Crippen molar-refractivity contribution in [1.29, 1.82) is 0 Å². The molecule has 9 heteroatoms. The number of carboxylic acids is 1. The molecule has 0 aliphatic carbocycles. The van der Waals surface area contributed by atoms with Crippen molar-refractivity contribution in [2.75, 3.05) is 0 Å². The topological polar surface area (TPSA) is 77.5 Å². The maximum absolute atomic E-state index is 12.9. The van der Waals surface area contributed by atoms with Crippen LogP contribution in [0.1, 0.15) is 26.3 Å². The Kier molecular flexibility index (Phi) is 5.72. The first-order valence-electron chi connectivity index (χ1n) is 7.24. The summed E-state index contributed by atoms with van der Waals surface area (Å²) in [5.41, 5.74) is 0.895. The van der Waals surface area contributed by atoms with Crippen molar-refractivity contribution in [2.24, 2.45) is 0 Å². The van der Waals surface area contributed by atoms with Gasteiger partial charge in [-0.25, -0.2) is 0 Å². The molecule has 2 aromatic carbocycles. The number of carbonyl (C=O) groups is 3. The Labute approximate surface area is 182 Å². The number of halogens is 4. The van der Waals surface area contributed by atoms with Gasteiger partial charge >= 0.3 is 0 Å². The van der Waals surface area contributed by atoms with Crippen LogP contribution in [0.25, 0.3) is 0 Å². The third-order valence-corrected chi connectivity index (χ3v) is 8.76. The highest BCUT2D eigenvalue weighted by atomic mass is 79.9. The predicted octanol–water partition coefficient (Wildman–Crippen LogP) is 3.69. The number of benzene rings is 2. The molecule has 0 spiro atoms. The minimum atomic E-state index is -1.49. The minimum absolute atomic E-state index is 0.0355. The number of hydrogen-bond donors (Lipinski definition) is 0. The van der Waals surface area contributed by atoms with Gasteiger partial charge in [0.05, 0.1) is 23.1 Å². The molecule has 1 aliphatic heterocycles. The summed E-state index contributed by atoms with van der Waals surface area (Å²) in [6, 6.07) is 7.35. The van der Waals surface area contributed by atoms with Gasteiger partial charge < -0.3 is 9.90 Å². The summed E-state index contributed by atoms with van der Waals surface area (Å²) in [5, 5.41) is 11.7. The number of rotatable bonds is 4. The maximum atomic E-state index is 12.9. The summed E-state index contributed by atoms with van der Waals surface area (Å²) in [6.07, 6.45) is -0.0355. The van der Waals surface area contributed by atoms with Gasteiger partial charge in [-0.2, -0.15) is 0 Å². The summed E-state index contributed by atoms with van der Waals surface area (Å²) >= 11 is 13.3. The first-order valence-corrected chi connectivity index (χ1v) is 10.4. The zero-order valence-corrected chi connectivity index (χ0v) is 19.1. The largest absolute Gasteiger partial charge is 0.548 e.